The molecular weight excluding hydrogens is 367 g/mol. The molecule has 0 bridgehead atoms. The molecule has 0 radical (unpaired) electrons. The van der Waals surface area contributed by atoms with Gasteiger partial charge in [-0.15, -0.1) is 0 Å². The van der Waals surface area contributed by atoms with E-state index < -0.39 is 16.8 Å². The minimum Gasteiger partial charge on any atom is -0.395 e. The summed E-state index contributed by atoms with van der Waals surface area (Å²) >= 11 is 0. The first-order chi connectivity index (χ1) is 13.0. The lowest BCUT2D eigenvalue weighted by molar-refractivity contribution is 0.266. The van der Waals surface area contributed by atoms with Gasteiger partial charge in [-0.25, -0.2) is 18.3 Å². The van der Waals surface area contributed by atoms with Crippen LogP contribution in [0.4, 0.5) is 10.2 Å². The van der Waals surface area contributed by atoms with Gasteiger partial charge in [0.1, 0.15) is 22.6 Å². The average Bonchev–Trinajstić information content (AvgIpc) is 2.68. The van der Waals surface area contributed by atoms with E-state index in [2.05, 4.69) is 14.7 Å². The first-order valence-corrected chi connectivity index (χ1v) is 9.40. The Labute approximate surface area is 158 Å². The van der Waals surface area contributed by atoms with Gasteiger partial charge in [-0.3, -0.25) is 4.98 Å². The fourth-order valence-electron chi connectivity index (χ4n) is 2.52. The highest BCUT2D eigenvalue weighted by atomic mass is 32.2. The Hall–Kier alpha value is -2.68. The predicted octanol–water partition coefficient (Wildman–Crippen LogP) is 2.52. The third-order valence-corrected chi connectivity index (χ3v) is 5.27. The summed E-state index contributed by atoms with van der Waals surface area (Å²) in [6.45, 7) is 1.59. The summed E-state index contributed by atoms with van der Waals surface area (Å²) in [5.41, 5.74) is 7.42. The molecule has 0 aliphatic carbocycles. The number of anilines is 1. The normalized spacial score (nSPS) is 13.3. The predicted molar refractivity (Wildman–Crippen MR) is 103 cm³/mol. The summed E-state index contributed by atoms with van der Waals surface area (Å²) in [5, 5.41) is 9.14. The van der Waals surface area contributed by atoms with Crippen LogP contribution in [-0.2, 0) is 11.0 Å². The van der Waals surface area contributed by atoms with E-state index in [9.17, 15) is 8.60 Å². The highest BCUT2D eigenvalue weighted by Crippen LogP contribution is 2.30. The van der Waals surface area contributed by atoms with Gasteiger partial charge in [0.25, 0.3) is 0 Å². The summed E-state index contributed by atoms with van der Waals surface area (Å²) in [4.78, 5) is 8.53. The molecule has 0 saturated carbocycles. The van der Waals surface area contributed by atoms with Crippen LogP contribution in [0.25, 0.3) is 22.4 Å². The molecule has 2 atom stereocenters. The van der Waals surface area contributed by atoms with Crippen LogP contribution < -0.4 is 10.5 Å². The van der Waals surface area contributed by atoms with Gasteiger partial charge in [0.05, 0.1) is 29.6 Å². The second kappa shape index (κ2) is 8.34. The molecule has 1 heterocycles. The molecule has 3 rings (SSSR count). The fraction of sp³-hybridized carbons (Fsp3) is 0.158. The van der Waals surface area contributed by atoms with Gasteiger partial charge in [-0.2, -0.15) is 0 Å². The van der Waals surface area contributed by atoms with Gasteiger partial charge in [0.2, 0.25) is 0 Å². The van der Waals surface area contributed by atoms with Gasteiger partial charge in [0, 0.05) is 11.6 Å². The van der Waals surface area contributed by atoms with Gasteiger partial charge >= 0.3 is 0 Å². The number of aliphatic hydroxyl groups excluding tert-OH is 1. The fourth-order valence-corrected chi connectivity index (χ4v) is 3.67. The maximum atomic E-state index is 14.7. The molecule has 2 unspecified atom stereocenters. The third kappa shape index (κ3) is 4.36. The average molecular weight is 386 g/mol. The van der Waals surface area contributed by atoms with E-state index in [1.54, 1.807) is 43.3 Å². The summed E-state index contributed by atoms with van der Waals surface area (Å²) < 4.78 is 30.1. The van der Waals surface area contributed by atoms with Crippen molar-refractivity contribution < 1.29 is 13.7 Å². The van der Waals surface area contributed by atoms with Crippen LogP contribution in [-0.4, -0.2) is 31.9 Å². The highest BCUT2D eigenvalue weighted by Gasteiger charge is 2.15. The van der Waals surface area contributed by atoms with Crippen molar-refractivity contribution in [3.8, 4) is 22.4 Å². The Bertz CT molecular complexity index is 966. The SMILES string of the molecule is CC(CO)NS(=O)c1ccccc1-c1ccc(-c2cnc(N)cn2)c(F)c1. The van der Waals surface area contributed by atoms with Gasteiger partial charge in [-0.1, -0.05) is 24.3 Å². The monoisotopic (exact) mass is 386 g/mol. The molecule has 0 saturated heterocycles. The molecule has 0 spiro atoms. The Balaban J connectivity index is 1.97. The van der Waals surface area contributed by atoms with Crippen LogP contribution >= 0.6 is 0 Å². The van der Waals surface area contributed by atoms with E-state index in [1.165, 1.54) is 18.5 Å². The smallest absolute Gasteiger partial charge is 0.141 e. The van der Waals surface area contributed by atoms with E-state index >= 15 is 0 Å². The Morgan fingerprint density at radius 3 is 2.63 bits per heavy atom. The van der Waals surface area contributed by atoms with Crippen LogP contribution in [0.2, 0.25) is 0 Å². The summed E-state index contributed by atoms with van der Waals surface area (Å²) in [5.74, 6) is -0.208. The van der Waals surface area contributed by atoms with Crippen LogP contribution in [0.1, 0.15) is 6.92 Å². The second-order valence-corrected chi connectivity index (χ2v) is 7.20. The van der Waals surface area contributed by atoms with Crippen molar-refractivity contribution in [3.63, 3.8) is 0 Å². The van der Waals surface area contributed by atoms with E-state index in [1.807, 2.05) is 0 Å². The Morgan fingerprint density at radius 2 is 1.96 bits per heavy atom. The largest absolute Gasteiger partial charge is 0.395 e. The number of aromatic nitrogens is 2. The number of nitrogen functional groups attached to an aromatic ring is 1. The summed E-state index contributed by atoms with van der Waals surface area (Å²) in [7, 11) is -1.54. The quantitative estimate of drug-likeness (QED) is 0.604. The van der Waals surface area contributed by atoms with Gasteiger partial charge < -0.3 is 10.8 Å². The van der Waals surface area contributed by atoms with Crippen molar-refractivity contribution in [3.05, 3.63) is 60.7 Å². The second-order valence-electron chi connectivity index (χ2n) is 5.99. The van der Waals surface area contributed by atoms with Crippen LogP contribution in [0.15, 0.2) is 59.8 Å². The Kier molecular flexibility index (Phi) is 5.90. The maximum absolute atomic E-state index is 14.7. The van der Waals surface area contributed by atoms with Gasteiger partial charge in [0.15, 0.2) is 0 Å². The topological polar surface area (TPSA) is 101 Å². The van der Waals surface area contributed by atoms with Crippen LogP contribution in [0, 0.1) is 5.82 Å². The van der Waals surface area contributed by atoms with E-state index in [0.29, 0.717) is 27.3 Å². The zero-order valence-corrected chi connectivity index (χ0v) is 15.4. The standard InChI is InChI=1S/C19H19FN4O2S/c1-12(11-25)24-27(26)18-5-3-2-4-14(18)13-6-7-15(16(20)8-13)17-9-23-19(21)10-22-17/h2-10,12,24-25H,11H2,1H3,(H2,21,23). The lowest BCUT2D eigenvalue weighted by Gasteiger charge is -2.14. The van der Waals surface area contributed by atoms with Crippen molar-refractivity contribution in [1.82, 2.24) is 14.7 Å². The zero-order valence-electron chi connectivity index (χ0n) is 14.6. The lowest BCUT2D eigenvalue weighted by Crippen LogP contribution is -2.31. The molecule has 8 heteroatoms. The number of nitrogens with two attached hydrogens (primary N) is 1. The van der Waals surface area contributed by atoms with Gasteiger partial charge in [-0.05, 0) is 36.2 Å². The van der Waals surface area contributed by atoms with Crippen LogP contribution in [0.3, 0.4) is 0 Å². The molecule has 3 aromatic rings. The number of rotatable bonds is 6. The molecule has 27 heavy (non-hydrogen) atoms. The van der Waals surface area contributed by atoms with E-state index in [0.717, 1.165) is 0 Å². The molecule has 2 aromatic carbocycles. The summed E-state index contributed by atoms with van der Waals surface area (Å²) in [6.07, 6.45) is 2.78. The maximum Gasteiger partial charge on any atom is 0.141 e. The molecule has 0 fully saturated rings. The van der Waals surface area contributed by atoms with Crippen molar-refractivity contribution in [2.24, 2.45) is 0 Å². The molecule has 6 nitrogen and oxygen atoms in total. The molecule has 4 N–H and O–H groups in total. The number of hydrogen-bond donors (Lipinski definition) is 3. The molecule has 1 aromatic heterocycles. The molecule has 0 aliphatic heterocycles. The number of halogens is 1. The van der Waals surface area contributed by atoms with Crippen LogP contribution in [0.5, 0.6) is 0 Å². The van der Waals surface area contributed by atoms with E-state index in [-0.39, 0.29) is 18.5 Å². The molecule has 0 aliphatic rings. The van der Waals surface area contributed by atoms with Crippen molar-refractivity contribution in [2.45, 2.75) is 17.9 Å². The number of hydrogen-bond acceptors (Lipinski definition) is 5. The number of aliphatic hydroxyl groups is 1. The van der Waals surface area contributed by atoms with Crippen molar-refractivity contribution in [1.29, 1.82) is 0 Å². The number of benzene rings is 2. The number of nitrogens with zero attached hydrogens (tertiary/aromatic N) is 2. The minimum absolute atomic E-state index is 0.139. The number of nitrogens with one attached hydrogen (secondary N) is 1. The lowest BCUT2D eigenvalue weighted by atomic mass is 10.0. The third-order valence-electron chi connectivity index (χ3n) is 3.90. The van der Waals surface area contributed by atoms with Crippen molar-refractivity contribution >= 4 is 16.8 Å². The molecular formula is C19H19FN4O2S. The Morgan fingerprint density at radius 1 is 1.19 bits per heavy atom. The minimum atomic E-state index is -1.54. The highest BCUT2D eigenvalue weighted by molar-refractivity contribution is 7.83. The van der Waals surface area contributed by atoms with Crippen molar-refractivity contribution in [2.75, 3.05) is 12.3 Å². The first-order valence-electron chi connectivity index (χ1n) is 8.25. The van der Waals surface area contributed by atoms with E-state index in [4.69, 9.17) is 10.8 Å². The summed E-state index contributed by atoms with van der Waals surface area (Å²) in [6, 6.07) is 11.4. The first kappa shape index (κ1) is 19.1. The molecule has 140 valence electrons. The zero-order chi connectivity index (χ0) is 19.4. The molecule has 0 amide bonds.